The minimum absolute atomic E-state index is 0.0837. The number of halogens is 4. The van der Waals surface area contributed by atoms with Crippen molar-refractivity contribution in [3.63, 3.8) is 0 Å². The van der Waals surface area contributed by atoms with Gasteiger partial charge in [-0.05, 0) is 49.2 Å². The van der Waals surface area contributed by atoms with E-state index in [2.05, 4.69) is 5.32 Å². The standard InChI is InChI=1S/C24H29ClF3N3O5S/c1-5-20(23(33)29-6-2)30(14-16-8-7-9-18(12-16)36-3)22(32)15-31(37(4,34)35)21-13-17(24(26,27)28)10-11-19(21)25/h7-13,20H,5-6,14-15H2,1-4H3,(H,29,33). The fourth-order valence-electron chi connectivity index (χ4n) is 3.65. The Bertz CT molecular complexity index is 1220. The van der Waals surface area contributed by atoms with E-state index in [4.69, 9.17) is 16.3 Å². The number of anilines is 1. The predicted octanol–water partition coefficient (Wildman–Crippen LogP) is 4.08. The highest BCUT2D eigenvalue weighted by atomic mass is 35.5. The molecule has 1 atom stereocenters. The zero-order valence-electron chi connectivity index (χ0n) is 20.8. The van der Waals surface area contributed by atoms with Crippen LogP contribution in [0, 0.1) is 0 Å². The molecule has 2 amide bonds. The number of likely N-dealkylation sites (N-methyl/N-ethyl adjacent to an activating group) is 1. The molecular formula is C24H29ClF3N3O5S. The monoisotopic (exact) mass is 563 g/mol. The summed E-state index contributed by atoms with van der Waals surface area (Å²) in [6.07, 6.45) is -3.81. The number of sulfonamides is 1. The van der Waals surface area contributed by atoms with Crippen molar-refractivity contribution in [2.24, 2.45) is 0 Å². The highest BCUT2D eigenvalue weighted by Crippen LogP contribution is 2.36. The largest absolute Gasteiger partial charge is 0.497 e. The van der Waals surface area contributed by atoms with Gasteiger partial charge in [-0.3, -0.25) is 13.9 Å². The molecule has 8 nitrogen and oxygen atoms in total. The van der Waals surface area contributed by atoms with Crippen LogP contribution in [0.3, 0.4) is 0 Å². The Kier molecular flexibility index (Phi) is 10.2. The van der Waals surface area contributed by atoms with Gasteiger partial charge in [0.1, 0.15) is 18.3 Å². The highest BCUT2D eigenvalue weighted by molar-refractivity contribution is 7.92. The number of methoxy groups -OCH3 is 1. The topological polar surface area (TPSA) is 96.0 Å². The van der Waals surface area contributed by atoms with Crippen molar-refractivity contribution in [2.75, 3.05) is 30.8 Å². The van der Waals surface area contributed by atoms with Crippen LogP contribution in [-0.4, -0.2) is 57.6 Å². The second-order valence-corrected chi connectivity index (χ2v) is 10.4. The molecule has 37 heavy (non-hydrogen) atoms. The van der Waals surface area contributed by atoms with Gasteiger partial charge in [0.15, 0.2) is 0 Å². The molecule has 1 N–H and O–H groups in total. The lowest BCUT2D eigenvalue weighted by Crippen LogP contribution is -2.52. The molecule has 0 saturated heterocycles. The number of hydrogen-bond acceptors (Lipinski definition) is 5. The van der Waals surface area contributed by atoms with Crippen molar-refractivity contribution in [3.8, 4) is 5.75 Å². The van der Waals surface area contributed by atoms with Gasteiger partial charge in [-0.25, -0.2) is 8.42 Å². The fourth-order valence-corrected chi connectivity index (χ4v) is 4.78. The first-order chi connectivity index (χ1) is 17.2. The molecule has 13 heteroatoms. The third-order valence-electron chi connectivity index (χ3n) is 5.45. The van der Waals surface area contributed by atoms with Crippen LogP contribution in [0.1, 0.15) is 31.4 Å². The SMILES string of the molecule is CCNC(=O)C(CC)N(Cc1cccc(OC)c1)C(=O)CN(c1cc(C(F)(F)F)ccc1Cl)S(C)(=O)=O. The summed E-state index contributed by atoms with van der Waals surface area (Å²) in [6, 6.07) is 7.97. The molecule has 0 aliphatic rings. The van der Waals surface area contributed by atoms with Crippen molar-refractivity contribution < 1.29 is 35.9 Å². The first-order valence-corrected chi connectivity index (χ1v) is 13.5. The van der Waals surface area contributed by atoms with Gasteiger partial charge >= 0.3 is 6.18 Å². The van der Waals surface area contributed by atoms with Gasteiger partial charge < -0.3 is 15.0 Å². The van der Waals surface area contributed by atoms with E-state index in [1.165, 1.54) is 12.0 Å². The van der Waals surface area contributed by atoms with E-state index >= 15 is 0 Å². The van der Waals surface area contributed by atoms with Crippen LogP contribution in [0.4, 0.5) is 18.9 Å². The van der Waals surface area contributed by atoms with Gasteiger partial charge in [-0.15, -0.1) is 0 Å². The Morgan fingerprint density at radius 2 is 1.81 bits per heavy atom. The molecule has 0 aromatic heterocycles. The zero-order valence-corrected chi connectivity index (χ0v) is 22.4. The lowest BCUT2D eigenvalue weighted by Gasteiger charge is -2.33. The number of amides is 2. The van der Waals surface area contributed by atoms with Gasteiger partial charge in [0.05, 0.1) is 29.6 Å². The van der Waals surface area contributed by atoms with Crippen molar-refractivity contribution in [3.05, 3.63) is 58.6 Å². The number of alkyl halides is 3. The summed E-state index contributed by atoms with van der Waals surface area (Å²) in [5.41, 5.74) is -1.03. The van der Waals surface area contributed by atoms with Gasteiger partial charge in [-0.1, -0.05) is 30.7 Å². The summed E-state index contributed by atoms with van der Waals surface area (Å²) in [5.74, 6) is -0.756. The van der Waals surface area contributed by atoms with Crippen LogP contribution >= 0.6 is 11.6 Å². The third-order valence-corrected chi connectivity index (χ3v) is 6.89. The van der Waals surface area contributed by atoms with Gasteiger partial charge in [0.25, 0.3) is 0 Å². The molecule has 0 radical (unpaired) electrons. The number of rotatable bonds is 11. The van der Waals surface area contributed by atoms with Crippen molar-refractivity contribution in [1.29, 1.82) is 0 Å². The van der Waals surface area contributed by atoms with Crippen molar-refractivity contribution in [2.45, 2.75) is 39.0 Å². The molecular weight excluding hydrogens is 535 g/mol. The number of benzene rings is 2. The highest BCUT2D eigenvalue weighted by Gasteiger charge is 2.35. The van der Waals surface area contributed by atoms with Crippen LogP contribution in [0.2, 0.25) is 5.02 Å². The average Bonchev–Trinajstić information content (AvgIpc) is 2.81. The number of nitrogens with one attached hydrogen (secondary N) is 1. The van der Waals surface area contributed by atoms with Crippen molar-refractivity contribution in [1.82, 2.24) is 10.2 Å². The summed E-state index contributed by atoms with van der Waals surface area (Å²) < 4.78 is 71.0. The Morgan fingerprint density at radius 1 is 1.14 bits per heavy atom. The second kappa shape index (κ2) is 12.5. The number of ether oxygens (including phenoxy) is 1. The number of carbonyl (C=O) groups is 2. The molecule has 2 aromatic carbocycles. The molecule has 0 spiro atoms. The molecule has 0 saturated carbocycles. The van der Waals surface area contributed by atoms with Gasteiger partial charge in [0, 0.05) is 13.1 Å². The molecule has 204 valence electrons. The molecule has 0 aliphatic carbocycles. The van der Waals surface area contributed by atoms with Gasteiger partial charge in [0.2, 0.25) is 21.8 Å². The molecule has 0 heterocycles. The summed E-state index contributed by atoms with van der Waals surface area (Å²) in [4.78, 5) is 27.6. The lowest BCUT2D eigenvalue weighted by atomic mass is 10.1. The molecule has 0 bridgehead atoms. The predicted molar refractivity (Wildman–Crippen MR) is 135 cm³/mol. The number of nitrogens with zero attached hydrogens (tertiary/aromatic N) is 2. The van der Waals surface area contributed by atoms with E-state index in [-0.39, 0.29) is 18.0 Å². The van der Waals surface area contributed by atoms with Gasteiger partial charge in [-0.2, -0.15) is 13.2 Å². The maximum absolute atomic E-state index is 13.6. The van der Waals surface area contributed by atoms with E-state index in [1.54, 1.807) is 38.1 Å². The summed E-state index contributed by atoms with van der Waals surface area (Å²) >= 11 is 6.08. The molecule has 0 aliphatic heterocycles. The molecule has 1 unspecified atom stereocenters. The van der Waals surface area contributed by atoms with Crippen molar-refractivity contribution >= 4 is 39.1 Å². The normalized spacial score (nSPS) is 12.5. The van der Waals surface area contributed by atoms with E-state index < -0.39 is 51.9 Å². The Balaban J connectivity index is 2.55. The van der Waals surface area contributed by atoms with Crippen LogP contribution in [-0.2, 0) is 32.3 Å². The molecule has 2 rings (SSSR count). The van der Waals surface area contributed by atoms with E-state index in [1.807, 2.05) is 0 Å². The maximum Gasteiger partial charge on any atom is 0.416 e. The van der Waals surface area contributed by atoms with Crippen LogP contribution in [0.15, 0.2) is 42.5 Å². The molecule has 0 fully saturated rings. The minimum Gasteiger partial charge on any atom is -0.497 e. The number of carbonyl (C=O) groups excluding carboxylic acids is 2. The summed E-state index contributed by atoms with van der Waals surface area (Å²) in [7, 11) is -2.80. The Labute approximate surface area is 219 Å². The van der Waals surface area contributed by atoms with E-state index in [0.29, 0.717) is 34.3 Å². The Hall–Kier alpha value is -2.99. The average molecular weight is 564 g/mol. The van der Waals surface area contributed by atoms with E-state index in [9.17, 15) is 31.2 Å². The van der Waals surface area contributed by atoms with Crippen LogP contribution < -0.4 is 14.4 Å². The summed E-state index contributed by atoms with van der Waals surface area (Å²) in [5, 5.41) is 2.36. The Morgan fingerprint density at radius 3 is 2.35 bits per heavy atom. The van der Waals surface area contributed by atoms with Crippen LogP contribution in [0.5, 0.6) is 5.75 Å². The minimum atomic E-state index is -4.77. The second-order valence-electron chi connectivity index (χ2n) is 8.13. The third kappa shape index (κ3) is 8.00. The smallest absolute Gasteiger partial charge is 0.416 e. The zero-order chi connectivity index (χ0) is 28.0. The quantitative estimate of drug-likeness (QED) is 0.444. The summed E-state index contributed by atoms with van der Waals surface area (Å²) in [6.45, 7) is 2.73. The first kappa shape index (κ1) is 30.2. The lowest BCUT2D eigenvalue weighted by molar-refractivity contribution is -0.140. The van der Waals surface area contributed by atoms with Crippen LogP contribution in [0.25, 0.3) is 0 Å². The molecule has 2 aromatic rings. The number of hydrogen-bond donors (Lipinski definition) is 1. The fraction of sp³-hybridized carbons (Fsp3) is 0.417. The maximum atomic E-state index is 13.6. The van der Waals surface area contributed by atoms with E-state index in [0.717, 1.165) is 12.3 Å². The first-order valence-electron chi connectivity index (χ1n) is 11.3.